The number of alkyl halides is 1. The zero-order valence-corrected chi connectivity index (χ0v) is 13.3. The third-order valence-electron chi connectivity index (χ3n) is 3.52. The van der Waals surface area contributed by atoms with Gasteiger partial charge in [0.2, 0.25) is 0 Å². The second-order valence-electron chi connectivity index (χ2n) is 5.05. The number of aryl methyl sites for hydroxylation is 1. The minimum atomic E-state index is 0.529. The van der Waals surface area contributed by atoms with Crippen molar-refractivity contribution < 1.29 is 0 Å². The lowest BCUT2D eigenvalue weighted by atomic mass is 10.1. The van der Waals surface area contributed by atoms with Gasteiger partial charge >= 0.3 is 0 Å². The molecular formula is C17H16Cl2N2. The quantitative estimate of drug-likeness (QED) is 0.580. The first kappa shape index (κ1) is 14.4. The highest BCUT2D eigenvalue weighted by molar-refractivity contribution is 6.31. The second-order valence-corrected chi connectivity index (χ2v) is 5.75. The summed E-state index contributed by atoms with van der Waals surface area (Å²) < 4.78 is 2.23. The van der Waals surface area contributed by atoms with Gasteiger partial charge in [0.25, 0.3) is 0 Å². The Balaban J connectivity index is 2.17. The van der Waals surface area contributed by atoms with Crippen LogP contribution in [0.1, 0.15) is 18.9 Å². The molecule has 0 aliphatic heterocycles. The molecule has 3 rings (SSSR count). The number of aromatic nitrogens is 2. The molecule has 0 amide bonds. The highest BCUT2D eigenvalue weighted by Gasteiger charge is 2.12. The van der Waals surface area contributed by atoms with Crippen molar-refractivity contribution in [2.24, 2.45) is 0 Å². The van der Waals surface area contributed by atoms with E-state index in [9.17, 15) is 0 Å². The summed E-state index contributed by atoms with van der Waals surface area (Å²) in [6.45, 7) is 3.08. The molecular weight excluding hydrogens is 303 g/mol. The van der Waals surface area contributed by atoms with Crippen molar-refractivity contribution in [1.82, 2.24) is 9.55 Å². The number of imidazole rings is 1. The van der Waals surface area contributed by atoms with Crippen LogP contribution in [0.5, 0.6) is 0 Å². The molecule has 108 valence electrons. The van der Waals surface area contributed by atoms with Gasteiger partial charge in [-0.15, -0.1) is 11.6 Å². The predicted molar refractivity (Wildman–Crippen MR) is 90.0 cm³/mol. The maximum Gasteiger partial charge on any atom is 0.141 e. The molecule has 0 spiro atoms. The Morgan fingerprint density at radius 2 is 1.86 bits per heavy atom. The van der Waals surface area contributed by atoms with E-state index in [-0.39, 0.29) is 0 Å². The fourth-order valence-electron chi connectivity index (χ4n) is 2.51. The molecule has 0 atom stereocenters. The Morgan fingerprint density at radius 3 is 2.52 bits per heavy atom. The highest BCUT2D eigenvalue weighted by atomic mass is 35.5. The van der Waals surface area contributed by atoms with Crippen molar-refractivity contribution in [1.29, 1.82) is 0 Å². The van der Waals surface area contributed by atoms with E-state index in [1.54, 1.807) is 0 Å². The molecule has 0 unspecified atom stereocenters. The number of hydrogen-bond acceptors (Lipinski definition) is 1. The van der Waals surface area contributed by atoms with Crippen LogP contribution in [0.15, 0.2) is 42.5 Å². The number of halogens is 2. The van der Waals surface area contributed by atoms with Crippen LogP contribution in [-0.4, -0.2) is 9.55 Å². The predicted octanol–water partition coefficient (Wildman–Crippen LogP) is 5.51. The lowest BCUT2D eigenvalue weighted by Gasteiger charge is -2.08. The molecule has 0 fully saturated rings. The standard InChI is InChI=1S/C17H16Cl2N2/c1-2-9-21-16-10-14(19)7-8-15(16)20-17(21)13-5-3-12(11-18)4-6-13/h3-8,10H,2,9,11H2,1H3. The van der Waals surface area contributed by atoms with E-state index < -0.39 is 0 Å². The summed E-state index contributed by atoms with van der Waals surface area (Å²) in [5.74, 6) is 1.51. The van der Waals surface area contributed by atoms with Crippen LogP contribution < -0.4 is 0 Å². The third-order valence-corrected chi connectivity index (χ3v) is 4.07. The van der Waals surface area contributed by atoms with Crippen molar-refractivity contribution >= 4 is 34.2 Å². The first-order chi connectivity index (χ1) is 10.2. The Kier molecular flexibility index (Phi) is 4.18. The Labute approximate surface area is 134 Å². The monoisotopic (exact) mass is 318 g/mol. The first-order valence-corrected chi connectivity index (χ1v) is 7.95. The van der Waals surface area contributed by atoms with Crippen LogP contribution in [0, 0.1) is 0 Å². The minimum Gasteiger partial charge on any atom is -0.324 e. The minimum absolute atomic E-state index is 0.529. The molecule has 0 saturated carbocycles. The summed E-state index contributed by atoms with van der Waals surface area (Å²) in [5.41, 5.74) is 4.27. The van der Waals surface area contributed by atoms with Gasteiger partial charge in [0.15, 0.2) is 0 Å². The summed E-state index contributed by atoms with van der Waals surface area (Å²) in [6, 6.07) is 14.1. The third kappa shape index (κ3) is 2.78. The second kappa shape index (κ2) is 6.08. The van der Waals surface area contributed by atoms with Crippen LogP contribution in [0.2, 0.25) is 5.02 Å². The molecule has 2 nitrogen and oxygen atoms in total. The Hall–Kier alpha value is -1.51. The first-order valence-electron chi connectivity index (χ1n) is 7.04. The molecule has 1 aromatic heterocycles. The highest BCUT2D eigenvalue weighted by Crippen LogP contribution is 2.27. The molecule has 0 N–H and O–H groups in total. The normalized spacial score (nSPS) is 11.2. The average Bonchev–Trinajstić information content (AvgIpc) is 2.86. The largest absolute Gasteiger partial charge is 0.324 e. The number of rotatable bonds is 4. The van der Waals surface area contributed by atoms with Gasteiger partial charge in [-0.2, -0.15) is 0 Å². The molecule has 3 aromatic rings. The van der Waals surface area contributed by atoms with Gasteiger partial charge in [0.05, 0.1) is 11.0 Å². The molecule has 0 aliphatic carbocycles. The smallest absolute Gasteiger partial charge is 0.141 e. The van der Waals surface area contributed by atoms with Crippen molar-refractivity contribution in [3.05, 3.63) is 53.1 Å². The maximum absolute atomic E-state index is 6.13. The fourth-order valence-corrected chi connectivity index (χ4v) is 2.85. The van der Waals surface area contributed by atoms with Crippen LogP contribution >= 0.6 is 23.2 Å². The zero-order valence-electron chi connectivity index (χ0n) is 11.8. The van der Waals surface area contributed by atoms with Crippen molar-refractivity contribution in [2.75, 3.05) is 0 Å². The van der Waals surface area contributed by atoms with E-state index in [1.807, 2.05) is 30.3 Å². The van der Waals surface area contributed by atoms with E-state index >= 15 is 0 Å². The molecule has 2 aromatic carbocycles. The number of fused-ring (bicyclic) bond motifs is 1. The van der Waals surface area contributed by atoms with Crippen LogP contribution in [0.3, 0.4) is 0 Å². The van der Waals surface area contributed by atoms with Gasteiger partial charge in [-0.3, -0.25) is 0 Å². The van der Waals surface area contributed by atoms with Crippen molar-refractivity contribution in [3.8, 4) is 11.4 Å². The van der Waals surface area contributed by atoms with Gasteiger partial charge in [-0.25, -0.2) is 4.98 Å². The van der Waals surface area contributed by atoms with Crippen molar-refractivity contribution in [2.45, 2.75) is 25.8 Å². The number of benzene rings is 2. The van der Waals surface area contributed by atoms with Gasteiger partial charge in [0, 0.05) is 23.0 Å². The van der Waals surface area contributed by atoms with E-state index in [4.69, 9.17) is 28.2 Å². The molecule has 0 bridgehead atoms. The summed E-state index contributed by atoms with van der Waals surface area (Å²) in [5, 5.41) is 0.740. The average molecular weight is 319 g/mol. The fraction of sp³-hybridized carbons (Fsp3) is 0.235. The van der Waals surface area contributed by atoms with Crippen LogP contribution in [-0.2, 0) is 12.4 Å². The lowest BCUT2D eigenvalue weighted by molar-refractivity contribution is 0.704. The van der Waals surface area contributed by atoms with E-state index in [1.165, 1.54) is 0 Å². The van der Waals surface area contributed by atoms with Gasteiger partial charge in [-0.1, -0.05) is 42.8 Å². The molecule has 0 saturated heterocycles. The summed E-state index contributed by atoms with van der Waals surface area (Å²) >= 11 is 12.0. The van der Waals surface area contributed by atoms with E-state index in [2.05, 4.69) is 23.6 Å². The molecule has 21 heavy (non-hydrogen) atoms. The number of hydrogen-bond donors (Lipinski definition) is 0. The van der Waals surface area contributed by atoms with E-state index in [0.717, 1.165) is 46.0 Å². The van der Waals surface area contributed by atoms with Crippen molar-refractivity contribution in [3.63, 3.8) is 0 Å². The van der Waals surface area contributed by atoms with Gasteiger partial charge < -0.3 is 4.57 Å². The SMILES string of the molecule is CCCn1c(-c2ccc(CCl)cc2)nc2ccc(Cl)cc21. The Bertz CT molecular complexity index is 760. The molecule has 0 radical (unpaired) electrons. The summed E-state index contributed by atoms with van der Waals surface area (Å²) in [7, 11) is 0. The molecule has 4 heteroatoms. The maximum atomic E-state index is 6.13. The number of nitrogens with zero attached hydrogens (tertiary/aromatic N) is 2. The summed E-state index contributed by atoms with van der Waals surface area (Å²) in [6.07, 6.45) is 1.05. The lowest BCUT2D eigenvalue weighted by Crippen LogP contribution is -1.99. The zero-order chi connectivity index (χ0) is 14.8. The van der Waals surface area contributed by atoms with Crippen LogP contribution in [0.25, 0.3) is 22.4 Å². The van der Waals surface area contributed by atoms with Gasteiger partial charge in [-0.05, 0) is 30.2 Å². The summed E-state index contributed by atoms with van der Waals surface area (Å²) in [4.78, 5) is 4.77. The van der Waals surface area contributed by atoms with Gasteiger partial charge in [0.1, 0.15) is 5.82 Å². The Morgan fingerprint density at radius 1 is 1.10 bits per heavy atom. The topological polar surface area (TPSA) is 17.8 Å². The van der Waals surface area contributed by atoms with E-state index in [0.29, 0.717) is 5.88 Å². The van der Waals surface area contributed by atoms with Crippen LogP contribution in [0.4, 0.5) is 0 Å². The molecule has 0 aliphatic rings. The molecule has 1 heterocycles.